The van der Waals surface area contributed by atoms with Crippen molar-refractivity contribution in [1.29, 1.82) is 0 Å². The van der Waals surface area contributed by atoms with Crippen LogP contribution in [0.15, 0.2) is 34.1 Å². The largest absolute Gasteiger partial charge is 0.504 e. The summed E-state index contributed by atoms with van der Waals surface area (Å²) in [5.74, 6) is -1.38. The Morgan fingerprint density at radius 2 is 1.26 bits per heavy atom. The Morgan fingerprint density at radius 3 is 1.66 bits per heavy atom. The number of amides is 1. The molecular formula is C29H38Cl2F2N2O10S2. The third-order valence-corrected chi connectivity index (χ3v) is 13.9. The van der Waals surface area contributed by atoms with E-state index in [-0.39, 0.29) is 73.5 Å². The number of phenols is 2. The van der Waals surface area contributed by atoms with E-state index in [1.807, 2.05) is 0 Å². The minimum Gasteiger partial charge on any atom is -0.504 e. The number of hydrogen-bond acceptors (Lipinski definition) is 11. The first-order valence-corrected chi connectivity index (χ1v) is 18.1. The summed E-state index contributed by atoms with van der Waals surface area (Å²) in [6.07, 6.45) is -0.988. The molecule has 47 heavy (non-hydrogen) atoms. The molecule has 2 fully saturated rings. The molecule has 1 amide bonds. The molecule has 0 unspecified atom stereocenters. The van der Waals surface area contributed by atoms with Crippen LogP contribution >= 0.6 is 23.2 Å². The second-order valence-electron chi connectivity index (χ2n) is 12.1. The number of sulfone groups is 2. The van der Waals surface area contributed by atoms with E-state index >= 15 is 0 Å². The molecule has 4 rings (SSSR count). The number of benzene rings is 2. The van der Waals surface area contributed by atoms with Gasteiger partial charge >= 0.3 is 6.09 Å². The topological polar surface area (TPSA) is 192 Å². The van der Waals surface area contributed by atoms with Gasteiger partial charge < -0.3 is 30.2 Å². The third-order valence-electron chi connectivity index (χ3n) is 7.81. The second-order valence-corrected chi connectivity index (χ2v) is 17.5. The van der Waals surface area contributed by atoms with Crippen LogP contribution in [-0.2, 0) is 33.9 Å². The summed E-state index contributed by atoms with van der Waals surface area (Å²) in [6, 6.07) is 5.02. The zero-order valence-corrected chi connectivity index (χ0v) is 29.1. The smallest absolute Gasteiger partial charge is 0.412 e. The number of rotatable bonds is 7. The number of anilines is 2. The van der Waals surface area contributed by atoms with E-state index in [9.17, 15) is 40.6 Å². The highest BCUT2D eigenvalue weighted by atomic mass is 35.5. The van der Waals surface area contributed by atoms with Crippen LogP contribution in [0.4, 0.5) is 25.0 Å². The number of nitrogen functional groups attached to an aromatic ring is 1. The van der Waals surface area contributed by atoms with Gasteiger partial charge in [-0.2, -0.15) is 0 Å². The van der Waals surface area contributed by atoms with Crippen molar-refractivity contribution in [3.8, 4) is 11.5 Å². The number of halogens is 4. The number of nitrogens with two attached hydrogens (primary N) is 1. The lowest BCUT2D eigenvalue weighted by Crippen LogP contribution is -2.46. The SMILES string of the molecule is CC(C)(C)OC(=O)Nc1ccc(Cl)c(S(=O)(=O)C2(CF)CCOCC2)c1O.Nc1ccc(Cl)c(S(=O)(=O)C2(CF)CCOCC2)c1O. The Morgan fingerprint density at radius 1 is 0.851 bits per heavy atom. The minimum absolute atomic E-state index is 0.0103. The molecular weight excluding hydrogens is 709 g/mol. The Labute approximate surface area is 282 Å². The van der Waals surface area contributed by atoms with Crippen molar-refractivity contribution >= 4 is 60.3 Å². The van der Waals surface area contributed by atoms with Crippen molar-refractivity contribution < 1.29 is 54.8 Å². The van der Waals surface area contributed by atoms with Gasteiger partial charge in [-0.15, -0.1) is 0 Å². The summed E-state index contributed by atoms with van der Waals surface area (Å²) in [4.78, 5) is 10.8. The van der Waals surface area contributed by atoms with Crippen LogP contribution in [-0.4, -0.2) is 88.0 Å². The van der Waals surface area contributed by atoms with Gasteiger partial charge in [-0.25, -0.2) is 30.4 Å². The molecule has 2 heterocycles. The van der Waals surface area contributed by atoms with Crippen LogP contribution in [0.2, 0.25) is 10.0 Å². The average Bonchev–Trinajstić information content (AvgIpc) is 3.00. The highest BCUT2D eigenvalue weighted by molar-refractivity contribution is 7.93. The summed E-state index contributed by atoms with van der Waals surface area (Å²) in [5.41, 5.74) is 4.40. The molecule has 0 saturated carbocycles. The number of nitrogens with one attached hydrogen (secondary N) is 1. The van der Waals surface area contributed by atoms with Gasteiger partial charge in [0.2, 0.25) is 0 Å². The number of phenolic OH excluding ortho intramolecular Hbond substituents is 2. The molecule has 2 saturated heterocycles. The van der Waals surface area contributed by atoms with Crippen molar-refractivity contribution in [2.75, 3.05) is 50.8 Å². The number of carbonyl (C=O) groups excluding carboxylic acids is 1. The fourth-order valence-corrected chi connectivity index (χ4v) is 9.86. The maximum atomic E-state index is 13.8. The van der Waals surface area contributed by atoms with Gasteiger partial charge in [-0.05, 0) is 70.7 Å². The van der Waals surface area contributed by atoms with Gasteiger partial charge in [0, 0.05) is 26.4 Å². The molecule has 264 valence electrons. The normalized spacial score (nSPS) is 18.0. The Bertz CT molecular complexity index is 1670. The van der Waals surface area contributed by atoms with Crippen molar-refractivity contribution in [3.63, 3.8) is 0 Å². The first-order valence-electron chi connectivity index (χ1n) is 14.3. The van der Waals surface area contributed by atoms with E-state index < -0.39 is 75.5 Å². The molecule has 0 atom stereocenters. The quantitative estimate of drug-likeness (QED) is 0.204. The number of carbonyl (C=O) groups is 1. The summed E-state index contributed by atoms with van der Waals surface area (Å²) in [6.45, 7) is 3.20. The van der Waals surface area contributed by atoms with Gasteiger partial charge in [0.05, 0.1) is 21.4 Å². The molecule has 0 aromatic heterocycles. The summed E-state index contributed by atoms with van der Waals surface area (Å²) >= 11 is 11.9. The molecule has 0 spiro atoms. The molecule has 2 aliphatic heterocycles. The lowest BCUT2D eigenvalue weighted by atomic mass is 10.0. The maximum Gasteiger partial charge on any atom is 0.412 e. The lowest BCUT2D eigenvalue weighted by molar-refractivity contribution is 0.0635. The van der Waals surface area contributed by atoms with E-state index in [0.717, 1.165) is 0 Å². The van der Waals surface area contributed by atoms with E-state index in [0.29, 0.717) is 0 Å². The van der Waals surface area contributed by atoms with Gasteiger partial charge in [-0.3, -0.25) is 5.32 Å². The van der Waals surface area contributed by atoms with Crippen LogP contribution in [0.5, 0.6) is 11.5 Å². The van der Waals surface area contributed by atoms with Gasteiger partial charge in [-0.1, -0.05) is 23.2 Å². The van der Waals surface area contributed by atoms with E-state index in [1.165, 1.54) is 24.3 Å². The van der Waals surface area contributed by atoms with Crippen LogP contribution < -0.4 is 11.1 Å². The van der Waals surface area contributed by atoms with Crippen LogP contribution in [0, 0.1) is 0 Å². The van der Waals surface area contributed by atoms with Gasteiger partial charge in [0.25, 0.3) is 0 Å². The number of hydrogen-bond donors (Lipinski definition) is 4. The maximum absolute atomic E-state index is 13.8. The monoisotopic (exact) mass is 746 g/mol. The Kier molecular flexibility index (Phi) is 12.3. The molecule has 18 heteroatoms. The highest BCUT2D eigenvalue weighted by Crippen LogP contribution is 2.45. The first kappa shape index (κ1) is 38.8. The Balaban J connectivity index is 0.000000267. The molecule has 0 bridgehead atoms. The van der Waals surface area contributed by atoms with E-state index in [4.69, 9.17) is 43.1 Å². The average molecular weight is 748 g/mol. The standard InChI is InChI=1S/C17H23ClFNO6S.C12H15ClFNO4S/c1-16(2,3)26-15(22)20-12-5-4-11(18)14(13(12)21)27(23,24)17(10-19)6-8-25-9-7-17;13-8-1-2-9(15)10(16)11(8)20(17,18)12(7-14)3-5-19-6-4-12/h4-5,21H,6-10H2,1-3H3,(H,20,22);1-2,16H,3-7,15H2. The predicted octanol–water partition coefficient (Wildman–Crippen LogP) is 5.61. The first-order chi connectivity index (χ1) is 21.8. The second kappa shape index (κ2) is 14.9. The minimum atomic E-state index is -4.36. The van der Waals surface area contributed by atoms with Crippen LogP contribution in [0.25, 0.3) is 0 Å². The molecule has 0 radical (unpaired) electrons. The van der Waals surface area contributed by atoms with Crippen molar-refractivity contribution in [2.45, 2.75) is 71.3 Å². The van der Waals surface area contributed by atoms with Gasteiger partial charge in [0.15, 0.2) is 31.2 Å². The molecule has 5 N–H and O–H groups in total. The van der Waals surface area contributed by atoms with Crippen LogP contribution in [0.1, 0.15) is 46.5 Å². The van der Waals surface area contributed by atoms with Crippen molar-refractivity contribution in [3.05, 3.63) is 34.3 Å². The fourth-order valence-electron chi connectivity index (χ4n) is 5.00. The van der Waals surface area contributed by atoms with Crippen molar-refractivity contribution in [1.82, 2.24) is 0 Å². The molecule has 12 nitrogen and oxygen atoms in total. The number of alkyl halides is 2. The van der Waals surface area contributed by atoms with E-state index in [2.05, 4.69) is 5.32 Å². The lowest BCUT2D eigenvalue weighted by Gasteiger charge is -2.34. The molecule has 2 aromatic rings. The van der Waals surface area contributed by atoms with Crippen LogP contribution in [0.3, 0.4) is 0 Å². The third kappa shape index (κ3) is 7.99. The Hall–Kier alpha value is -2.63. The predicted molar refractivity (Wildman–Crippen MR) is 172 cm³/mol. The van der Waals surface area contributed by atoms with Gasteiger partial charge in [0.1, 0.15) is 38.2 Å². The number of aromatic hydroxyl groups is 2. The molecule has 0 aliphatic carbocycles. The summed E-state index contributed by atoms with van der Waals surface area (Å²) < 4.78 is 91.1. The summed E-state index contributed by atoms with van der Waals surface area (Å²) in [5, 5.41) is 22.3. The molecule has 2 aromatic carbocycles. The highest BCUT2D eigenvalue weighted by Gasteiger charge is 2.49. The fraction of sp³-hybridized carbons (Fsp3) is 0.552. The molecule has 2 aliphatic rings. The number of ether oxygens (including phenoxy) is 3. The summed E-state index contributed by atoms with van der Waals surface area (Å²) in [7, 11) is -8.53. The van der Waals surface area contributed by atoms with E-state index in [1.54, 1.807) is 20.8 Å². The van der Waals surface area contributed by atoms with Crippen molar-refractivity contribution in [2.24, 2.45) is 0 Å². The zero-order valence-electron chi connectivity index (χ0n) is 25.9. The zero-order chi connectivity index (χ0) is 35.4.